The van der Waals surface area contributed by atoms with E-state index in [1.54, 1.807) is 18.2 Å². The van der Waals surface area contributed by atoms with Crippen LogP contribution in [0, 0.1) is 5.41 Å². The highest BCUT2D eigenvalue weighted by molar-refractivity contribution is 6.04. The Hall–Kier alpha value is -2.57. The minimum absolute atomic E-state index is 0.233. The predicted octanol–water partition coefficient (Wildman–Crippen LogP) is 0.337. The zero-order valence-corrected chi connectivity index (χ0v) is 10.5. The Labute approximate surface area is 113 Å². The molecule has 2 aromatic rings. The molecule has 1 aromatic heterocycles. The maximum atomic E-state index is 11.9. The summed E-state index contributed by atoms with van der Waals surface area (Å²) < 4.78 is 0. The number of aromatic amines is 2. The molecule has 0 aliphatic heterocycles. The highest BCUT2D eigenvalue weighted by Crippen LogP contribution is 2.46. The van der Waals surface area contributed by atoms with Gasteiger partial charge < -0.3 is 20.4 Å². The van der Waals surface area contributed by atoms with Crippen LogP contribution in [-0.2, 0) is 16.1 Å². The number of benzene rings is 1. The smallest absolute Gasteiger partial charge is 0.323 e. The van der Waals surface area contributed by atoms with Crippen LogP contribution in [-0.4, -0.2) is 27.0 Å². The molecule has 7 nitrogen and oxygen atoms in total. The van der Waals surface area contributed by atoms with E-state index in [-0.39, 0.29) is 12.2 Å². The predicted molar refractivity (Wildman–Crippen MR) is 70.1 cm³/mol. The van der Waals surface area contributed by atoms with Gasteiger partial charge in [-0.2, -0.15) is 0 Å². The van der Waals surface area contributed by atoms with E-state index in [9.17, 15) is 14.4 Å². The van der Waals surface area contributed by atoms with Crippen LogP contribution in [0.1, 0.15) is 18.4 Å². The molecule has 0 spiro atoms. The number of carboxylic acid groups (broad SMARTS) is 1. The lowest BCUT2D eigenvalue weighted by Crippen LogP contribution is -2.36. The van der Waals surface area contributed by atoms with Gasteiger partial charge in [-0.3, -0.25) is 9.59 Å². The molecule has 1 heterocycles. The number of hydrogen-bond acceptors (Lipinski definition) is 3. The minimum Gasteiger partial charge on any atom is -0.480 e. The second kappa shape index (κ2) is 4.22. The van der Waals surface area contributed by atoms with Gasteiger partial charge in [0.1, 0.15) is 5.41 Å². The van der Waals surface area contributed by atoms with Crippen molar-refractivity contribution in [2.24, 2.45) is 5.41 Å². The van der Waals surface area contributed by atoms with Crippen molar-refractivity contribution in [2.75, 3.05) is 0 Å². The molecule has 7 heteroatoms. The summed E-state index contributed by atoms with van der Waals surface area (Å²) in [6, 6.07) is 5.25. The van der Waals surface area contributed by atoms with E-state index in [2.05, 4.69) is 15.3 Å². The Morgan fingerprint density at radius 3 is 2.60 bits per heavy atom. The molecule has 20 heavy (non-hydrogen) atoms. The van der Waals surface area contributed by atoms with E-state index < -0.39 is 17.3 Å². The van der Waals surface area contributed by atoms with Gasteiger partial charge in [0, 0.05) is 6.54 Å². The van der Waals surface area contributed by atoms with Gasteiger partial charge in [0.2, 0.25) is 5.91 Å². The summed E-state index contributed by atoms with van der Waals surface area (Å²) in [4.78, 5) is 39.3. The van der Waals surface area contributed by atoms with Gasteiger partial charge in [-0.05, 0) is 30.5 Å². The van der Waals surface area contributed by atoms with Crippen molar-refractivity contribution in [1.82, 2.24) is 15.3 Å². The molecule has 4 N–H and O–H groups in total. The number of aromatic nitrogens is 2. The van der Waals surface area contributed by atoms with Crippen molar-refractivity contribution in [3.8, 4) is 0 Å². The highest BCUT2D eigenvalue weighted by Gasteiger charge is 2.56. The molecule has 1 amide bonds. The SMILES string of the molecule is O=C(O)C1(C(=O)NCc2ccc3[nH]c(=O)[nH]c3c2)CC1. The molecule has 1 aliphatic carbocycles. The third-order valence-electron chi connectivity index (χ3n) is 3.63. The Morgan fingerprint density at radius 2 is 1.95 bits per heavy atom. The van der Waals surface area contributed by atoms with Crippen molar-refractivity contribution in [1.29, 1.82) is 0 Å². The number of carbonyl (C=O) groups excluding carboxylic acids is 1. The molecular weight excluding hydrogens is 262 g/mol. The lowest BCUT2D eigenvalue weighted by Gasteiger charge is -2.10. The molecule has 1 aliphatic rings. The third kappa shape index (κ3) is 1.97. The quantitative estimate of drug-likeness (QED) is 0.602. The lowest BCUT2D eigenvalue weighted by molar-refractivity contribution is -0.149. The van der Waals surface area contributed by atoms with Crippen molar-refractivity contribution in [3.63, 3.8) is 0 Å². The number of carboxylic acids is 1. The first-order chi connectivity index (χ1) is 9.51. The van der Waals surface area contributed by atoms with Crippen LogP contribution < -0.4 is 11.0 Å². The number of nitrogens with one attached hydrogen (secondary N) is 3. The second-order valence-electron chi connectivity index (χ2n) is 5.03. The summed E-state index contributed by atoms with van der Waals surface area (Å²) in [5.41, 5.74) is 0.619. The average Bonchev–Trinajstić information content (AvgIpc) is 3.13. The van der Waals surface area contributed by atoms with Gasteiger partial charge in [0.25, 0.3) is 0 Å². The maximum absolute atomic E-state index is 11.9. The van der Waals surface area contributed by atoms with Gasteiger partial charge in [0.05, 0.1) is 11.0 Å². The number of carbonyl (C=O) groups is 2. The monoisotopic (exact) mass is 275 g/mol. The van der Waals surface area contributed by atoms with Crippen molar-refractivity contribution >= 4 is 22.9 Å². The fourth-order valence-electron chi connectivity index (χ4n) is 2.20. The Balaban J connectivity index is 1.72. The average molecular weight is 275 g/mol. The maximum Gasteiger partial charge on any atom is 0.323 e. The van der Waals surface area contributed by atoms with Crippen LogP contribution in [0.4, 0.5) is 0 Å². The van der Waals surface area contributed by atoms with E-state index in [1.807, 2.05) is 0 Å². The van der Waals surface area contributed by atoms with Gasteiger partial charge in [-0.15, -0.1) is 0 Å². The van der Waals surface area contributed by atoms with E-state index in [0.29, 0.717) is 23.9 Å². The summed E-state index contributed by atoms with van der Waals surface area (Å²) in [5, 5.41) is 11.6. The molecule has 0 radical (unpaired) electrons. The minimum atomic E-state index is -1.23. The Kier molecular flexibility index (Phi) is 2.63. The van der Waals surface area contributed by atoms with E-state index in [1.165, 1.54) is 0 Å². The number of amides is 1. The summed E-state index contributed by atoms with van der Waals surface area (Å²) in [6.45, 7) is 0.233. The van der Waals surface area contributed by atoms with E-state index >= 15 is 0 Å². The highest BCUT2D eigenvalue weighted by atomic mass is 16.4. The number of fused-ring (bicyclic) bond motifs is 1. The Morgan fingerprint density at radius 1 is 1.25 bits per heavy atom. The van der Waals surface area contributed by atoms with Gasteiger partial charge in [0.15, 0.2) is 0 Å². The van der Waals surface area contributed by atoms with Crippen LogP contribution in [0.3, 0.4) is 0 Å². The zero-order valence-electron chi connectivity index (χ0n) is 10.5. The number of hydrogen-bond donors (Lipinski definition) is 4. The largest absolute Gasteiger partial charge is 0.480 e. The lowest BCUT2D eigenvalue weighted by atomic mass is 10.1. The molecular formula is C13H13N3O4. The van der Waals surface area contributed by atoms with Crippen molar-refractivity contribution < 1.29 is 14.7 Å². The summed E-state index contributed by atoms with van der Waals surface area (Å²) in [6.07, 6.45) is 0.774. The first kappa shape index (κ1) is 12.5. The summed E-state index contributed by atoms with van der Waals surface area (Å²) in [5.74, 6) is -1.52. The Bertz CT molecular complexity index is 754. The first-order valence-corrected chi connectivity index (χ1v) is 6.24. The number of aliphatic carboxylic acids is 1. The standard InChI is InChI=1S/C13H13N3O4/c17-10(13(3-4-13)11(18)19)14-6-7-1-2-8-9(5-7)16-12(20)15-8/h1-2,5H,3-4,6H2,(H,14,17)(H,18,19)(H2,15,16,20). The van der Waals surface area contributed by atoms with Gasteiger partial charge in [-0.1, -0.05) is 6.07 Å². The molecule has 0 atom stereocenters. The summed E-state index contributed by atoms with van der Waals surface area (Å²) in [7, 11) is 0. The van der Waals surface area contributed by atoms with Crippen LogP contribution in [0.25, 0.3) is 11.0 Å². The van der Waals surface area contributed by atoms with Gasteiger partial charge in [-0.25, -0.2) is 4.79 Å². The molecule has 1 fully saturated rings. The molecule has 0 unspecified atom stereocenters. The van der Waals surface area contributed by atoms with Crippen LogP contribution in [0.15, 0.2) is 23.0 Å². The number of rotatable bonds is 4. The van der Waals surface area contributed by atoms with Gasteiger partial charge >= 0.3 is 11.7 Å². The van der Waals surface area contributed by atoms with Crippen LogP contribution >= 0.6 is 0 Å². The zero-order chi connectivity index (χ0) is 14.3. The topological polar surface area (TPSA) is 115 Å². The third-order valence-corrected chi connectivity index (χ3v) is 3.63. The second-order valence-corrected chi connectivity index (χ2v) is 5.03. The normalized spacial score (nSPS) is 16.0. The van der Waals surface area contributed by atoms with E-state index in [0.717, 1.165) is 5.56 Å². The molecule has 0 saturated heterocycles. The van der Waals surface area contributed by atoms with Crippen LogP contribution in [0.5, 0.6) is 0 Å². The molecule has 3 rings (SSSR count). The van der Waals surface area contributed by atoms with E-state index in [4.69, 9.17) is 5.11 Å². The number of imidazole rings is 1. The molecule has 104 valence electrons. The van der Waals surface area contributed by atoms with Crippen LogP contribution in [0.2, 0.25) is 0 Å². The van der Waals surface area contributed by atoms with Crippen molar-refractivity contribution in [2.45, 2.75) is 19.4 Å². The molecule has 1 saturated carbocycles. The molecule has 0 bridgehead atoms. The van der Waals surface area contributed by atoms with Crippen molar-refractivity contribution in [3.05, 3.63) is 34.2 Å². The summed E-state index contributed by atoms with van der Waals surface area (Å²) >= 11 is 0. The molecule has 1 aromatic carbocycles. The fraction of sp³-hybridized carbons (Fsp3) is 0.308. The first-order valence-electron chi connectivity index (χ1n) is 6.24. The number of H-pyrrole nitrogens is 2. The fourth-order valence-corrected chi connectivity index (χ4v) is 2.20.